The zero-order valence-corrected chi connectivity index (χ0v) is 15.8. The Morgan fingerprint density at radius 2 is 2.11 bits per heavy atom. The van der Waals surface area contributed by atoms with E-state index in [1.165, 1.54) is 6.20 Å². The number of anilines is 1. The van der Waals surface area contributed by atoms with E-state index in [1.807, 2.05) is 24.0 Å². The van der Waals surface area contributed by atoms with E-state index in [9.17, 15) is 9.59 Å². The van der Waals surface area contributed by atoms with Crippen LogP contribution in [0.1, 0.15) is 47.5 Å². The lowest BCUT2D eigenvalue weighted by Gasteiger charge is -2.31. The molecule has 0 saturated carbocycles. The van der Waals surface area contributed by atoms with Crippen molar-refractivity contribution in [3.05, 3.63) is 53.9 Å². The van der Waals surface area contributed by atoms with E-state index in [1.54, 1.807) is 24.3 Å². The fraction of sp³-hybridized carbons (Fsp3) is 0.381. The highest BCUT2D eigenvalue weighted by Crippen LogP contribution is 2.24. The molecule has 1 fully saturated rings. The molecule has 2 amide bonds. The van der Waals surface area contributed by atoms with E-state index in [4.69, 9.17) is 4.74 Å². The zero-order chi connectivity index (χ0) is 19.2. The average molecular weight is 367 g/mol. The number of nitrogens with one attached hydrogen (secondary N) is 1. The van der Waals surface area contributed by atoms with Gasteiger partial charge >= 0.3 is 0 Å². The number of hydrogen-bond acceptors (Lipinski definition) is 4. The van der Waals surface area contributed by atoms with Crippen LogP contribution in [0.3, 0.4) is 0 Å². The fourth-order valence-corrected chi connectivity index (χ4v) is 3.28. The van der Waals surface area contributed by atoms with Crippen LogP contribution in [0.25, 0.3) is 0 Å². The first kappa shape index (κ1) is 18.9. The highest BCUT2D eigenvalue weighted by molar-refractivity contribution is 6.05. The van der Waals surface area contributed by atoms with Crippen molar-refractivity contribution in [2.75, 3.05) is 25.0 Å². The van der Waals surface area contributed by atoms with Gasteiger partial charge in [0.25, 0.3) is 11.8 Å². The summed E-state index contributed by atoms with van der Waals surface area (Å²) >= 11 is 0. The summed E-state index contributed by atoms with van der Waals surface area (Å²) in [7, 11) is 0. The molecule has 1 aliphatic heterocycles. The normalized spacial score (nSPS) is 16.7. The van der Waals surface area contributed by atoms with E-state index in [0.717, 1.165) is 25.9 Å². The second-order valence-corrected chi connectivity index (χ2v) is 6.81. The van der Waals surface area contributed by atoms with Crippen LogP contribution in [0, 0.1) is 5.92 Å². The van der Waals surface area contributed by atoms with Crippen molar-refractivity contribution in [2.24, 2.45) is 5.92 Å². The number of carbonyl (C=O) groups excluding carboxylic acids is 2. The maximum Gasteiger partial charge on any atom is 0.274 e. The molecule has 1 saturated heterocycles. The molecule has 27 heavy (non-hydrogen) atoms. The van der Waals surface area contributed by atoms with E-state index in [2.05, 4.69) is 17.2 Å². The molecule has 142 valence electrons. The Morgan fingerprint density at radius 3 is 2.89 bits per heavy atom. The number of carbonyl (C=O) groups is 2. The number of ether oxygens (including phenoxy) is 1. The molecule has 1 N–H and O–H groups in total. The smallest absolute Gasteiger partial charge is 0.274 e. The summed E-state index contributed by atoms with van der Waals surface area (Å²) < 4.78 is 5.53. The number of hydrogen-bond donors (Lipinski definition) is 1. The number of benzene rings is 1. The molecule has 1 unspecified atom stereocenters. The summed E-state index contributed by atoms with van der Waals surface area (Å²) in [6.07, 6.45) is 3.66. The molecule has 2 aromatic rings. The second kappa shape index (κ2) is 8.66. The number of rotatable bonds is 5. The Labute approximate surface area is 159 Å². The maximum absolute atomic E-state index is 12.8. The zero-order valence-electron chi connectivity index (χ0n) is 15.8. The topological polar surface area (TPSA) is 71.5 Å². The van der Waals surface area contributed by atoms with Gasteiger partial charge in [0.1, 0.15) is 11.4 Å². The predicted molar refractivity (Wildman–Crippen MR) is 104 cm³/mol. The molecule has 0 bridgehead atoms. The minimum absolute atomic E-state index is 0.0484. The van der Waals surface area contributed by atoms with Gasteiger partial charge in [-0.25, -0.2) is 0 Å². The van der Waals surface area contributed by atoms with Crippen molar-refractivity contribution in [3.63, 3.8) is 0 Å². The van der Waals surface area contributed by atoms with Gasteiger partial charge in [0.2, 0.25) is 0 Å². The largest absolute Gasteiger partial charge is 0.492 e. The third-order valence-corrected chi connectivity index (χ3v) is 4.62. The number of likely N-dealkylation sites (tertiary alicyclic amines) is 1. The minimum atomic E-state index is -0.371. The van der Waals surface area contributed by atoms with Crippen LogP contribution in [-0.2, 0) is 0 Å². The van der Waals surface area contributed by atoms with Crippen LogP contribution in [0.15, 0.2) is 42.6 Å². The van der Waals surface area contributed by atoms with Crippen molar-refractivity contribution in [3.8, 4) is 5.75 Å². The monoisotopic (exact) mass is 367 g/mol. The van der Waals surface area contributed by atoms with E-state index >= 15 is 0 Å². The molecule has 6 nitrogen and oxygen atoms in total. The molecule has 3 rings (SSSR count). The Balaban J connectivity index is 1.75. The van der Waals surface area contributed by atoms with Gasteiger partial charge < -0.3 is 15.0 Å². The van der Waals surface area contributed by atoms with Gasteiger partial charge in [-0.15, -0.1) is 0 Å². The first-order valence-electron chi connectivity index (χ1n) is 9.37. The van der Waals surface area contributed by atoms with Crippen LogP contribution in [0.2, 0.25) is 0 Å². The number of aromatic nitrogens is 1. The number of pyridine rings is 1. The standard InChI is InChI=1S/C21H25N3O3/c1-3-27-19-9-5-4-8-17(19)23-20(25)18-13-16(10-11-22-18)21(26)24-12-6-7-15(2)14-24/h4-5,8-11,13,15H,3,6-7,12,14H2,1-2H3,(H,23,25). The number of nitrogens with zero attached hydrogens (tertiary/aromatic N) is 2. The molecular formula is C21H25N3O3. The molecule has 6 heteroatoms. The van der Waals surface area contributed by atoms with Gasteiger partial charge in [0, 0.05) is 24.8 Å². The van der Waals surface area contributed by atoms with Crippen LogP contribution >= 0.6 is 0 Å². The van der Waals surface area contributed by atoms with Crippen molar-refractivity contribution in [1.29, 1.82) is 0 Å². The van der Waals surface area contributed by atoms with Crippen molar-refractivity contribution in [1.82, 2.24) is 9.88 Å². The lowest BCUT2D eigenvalue weighted by atomic mass is 9.99. The first-order chi connectivity index (χ1) is 13.1. The average Bonchev–Trinajstić information content (AvgIpc) is 2.69. The van der Waals surface area contributed by atoms with Crippen molar-refractivity contribution >= 4 is 17.5 Å². The lowest BCUT2D eigenvalue weighted by Crippen LogP contribution is -2.39. The first-order valence-corrected chi connectivity index (χ1v) is 9.37. The number of piperidine rings is 1. The summed E-state index contributed by atoms with van der Waals surface area (Å²) in [6, 6.07) is 10.4. The summed E-state index contributed by atoms with van der Waals surface area (Å²) in [6.45, 7) is 6.06. The van der Waals surface area contributed by atoms with Crippen molar-refractivity contribution in [2.45, 2.75) is 26.7 Å². The fourth-order valence-electron chi connectivity index (χ4n) is 3.28. The van der Waals surface area contributed by atoms with Crippen molar-refractivity contribution < 1.29 is 14.3 Å². The molecular weight excluding hydrogens is 342 g/mol. The van der Waals surface area contributed by atoms with Gasteiger partial charge in [-0.3, -0.25) is 14.6 Å². The Kier molecular flexibility index (Phi) is 6.06. The molecule has 0 aliphatic carbocycles. The highest BCUT2D eigenvalue weighted by atomic mass is 16.5. The quantitative estimate of drug-likeness (QED) is 0.876. The van der Waals surface area contributed by atoms with Gasteiger partial charge in [-0.2, -0.15) is 0 Å². The molecule has 0 radical (unpaired) electrons. The lowest BCUT2D eigenvalue weighted by molar-refractivity contribution is 0.0683. The number of para-hydroxylation sites is 2. The van der Waals surface area contributed by atoms with Gasteiger partial charge in [-0.05, 0) is 49.9 Å². The third-order valence-electron chi connectivity index (χ3n) is 4.62. The SMILES string of the molecule is CCOc1ccccc1NC(=O)c1cc(C(=O)N2CCCC(C)C2)ccn1. The molecule has 0 spiro atoms. The maximum atomic E-state index is 12.8. The van der Waals surface area contributed by atoms with E-state index in [-0.39, 0.29) is 17.5 Å². The predicted octanol–water partition coefficient (Wildman–Crippen LogP) is 3.60. The highest BCUT2D eigenvalue weighted by Gasteiger charge is 2.23. The Morgan fingerprint density at radius 1 is 1.30 bits per heavy atom. The summed E-state index contributed by atoms with van der Waals surface area (Å²) in [5.41, 5.74) is 1.27. The van der Waals surface area contributed by atoms with Crippen LogP contribution in [0.5, 0.6) is 5.75 Å². The second-order valence-electron chi connectivity index (χ2n) is 6.81. The van der Waals surface area contributed by atoms with E-state index < -0.39 is 0 Å². The minimum Gasteiger partial charge on any atom is -0.492 e. The molecule has 1 aromatic heterocycles. The van der Waals surface area contributed by atoms with Gasteiger partial charge in [0.05, 0.1) is 12.3 Å². The van der Waals surface area contributed by atoms with Crippen LogP contribution in [-0.4, -0.2) is 41.4 Å². The summed E-state index contributed by atoms with van der Waals surface area (Å²) in [5, 5.41) is 2.81. The molecule has 1 atom stereocenters. The number of amides is 2. The molecule has 2 heterocycles. The Hall–Kier alpha value is -2.89. The molecule has 1 aromatic carbocycles. The van der Waals surface area contributed by atoms with Crippen LogP contribution < -0.4 is 10.1 Å². The molecule has 1 aliphatic rings. The Bertz CT molecular complexity index is 822. The summed E-state index contributed by atoms with van der Waals surface area (Å²) in [4.78, 5) is 31.4. The summed E-state index contributed by atoms with van der Waals surface area (Å²) in [5.74, 6) is 0.682. The van der Waals surface area contributed by atoms with E-state index in [0.29, 0.717) is 29.5 Å². The van der Waals surface area contributed by atoms with Gasteiger partial charge in [-0.1, -0.05) is 19.1 Å². The van der Waals surface area contributed by atoms with Gasteiger partial charge in [0.15, 0.2) is 0 Å². The van der Waals surface area contributed by atoms with Crippen LogP contribution in [0.4, 0.5) is 5.69 Å². The third kappa shape index (κ3) is 4.64.